The summed E-state index contributed by atoms with van der Waals surface area (Å²) in [5, 5.41) is 6.60. The van der Waals surface area contributed by atoms with Crippen LogP contribution >= 0.6 is 0 Å². The molecule has 7 nitrogen and oxygen atoms in total. The third kappa shape index (κ3) is 5.16. The minimum atomic E-state index is -3.23. The molecular formula is C16H21N3O4S. The Morgan fingerprint density at radius 1 is 1.25 bits per heavy atom. The summed E-state index contributed by atoms with van der Waals surface area (Å²) in [6, 6.07) is 6.08. The van der Waals surface area contributed by atoms with E-state index in [9.17, 15) is 13.2 Å². The number of benzene rings is 1. The van der Waals surface area contributed by atoms with E-state index < -0.39 is 9.84 Å². The van der Waals surface area contributed by atoms with Crippen molar-refractivity contribution in [3.63, 3.8) is 0 Å². The maximum atomic E-state index is 11.9. The van der Waals surface area contributed by atoms with Crippen LogP contribution in [0.4, 0.5) is 5.69 Å². The van der Waals surface area contributed by atoms with Gasteiger partial charge in [0.15, 0.2) is 15.7 Å². The maximum Gasteiger partial charge on any atom is 0.226 e. The van der Waals surface area contributed by atoms with Crippen molar-refractivity contribution in [2.24, 2.45) is 0 Å². The molecule has 2 rings (SSSR count). The van der Waals surface area contributed by atoms with Crippen LogP contribution in [-0.2, 0) is 21.1 Å². The van der Waals surface area contributed by atoms with Gasteiger partial charge in [0.2, 0.25) is 11.8 Å². The summed E-state index contributed by atoms with van der Waals surface area (Å²) in [6.07, 6.45) is 2.59. The summed E-state index contributed by atoms with van der Waals surface area (Å²) in [5.41, 5.74) is 0.562. The van der Waals surface area contributed by atoms with Crippen molar-refractivity contribution in [3.8, 4) is 0 Å². The molecule has 0 aliphatic rings. The van der Waals surface area contributed by atoms with Crippen LogP contribution in [0.25, 0.3) is 0 Å². The number of nitrogens with zero attached hydrogens (tertiary/aromatic N) is 2. The summed E-state index contributed by atoms with van der Waals surface area (Å²) in [5.74, 6) is 1.26. The standard InChI is InChI=1S/C16H21N3O4S/c1-11(2)16-18-15(23-19-16)6-4-5-14(20)17-12-7-9-13(10-8-12)24(3,21)22/h7-11H,4-6H2,1-3H3,(H,17,20). The highest BCUT2D eigenvalue weighted by molar-refractivity contribution is 7.90. The Morgan fingerprint density at radius 3 is 2.46 bits per heavy atom. The summed E-state index contributed by atoms with van der Waals surface area (Å²) in [4.78, 5) is 16.4. The van der Waals surface area contributed by atoms with Crippen LogP contribution in [0.5, 0.6) is 0 Å². The Hall–Kier alpha value is -2.22. The van der Waals surface area contributed by atoms with Crippen molar-refractivity contribution < 1.29 is 17.7 Å². The Bertz CT molecular complexity index is 795. The van der Waals surface area contributed by atoms with Gasteiger partial charge in [0.25, 0.3) is 0 Å². The second kappa shape index (κ2) is 7.57. The fraction of sp³-hybridized carbons (Fsp3) is 0.438. The van der Waals surface area contributed by atoms with Gasteiger partial charge in [0, 0.05) is 30.7 Å². The molecule has 0 atom stereocenters. The number of nitrogens with one attached hydrogen (secondary N) is 1. The van der Waals surface area contributed by atoms with E-state index in [2.05, 4.69) is 15.5 Å². The third-order valence-electron chi connectivity index (χ3n) is 3.36. The van der Waals surface area contributed by atoms with E-state index in [1.54, 1.807) is 12.1 Å². The number of hydrogen-bond acceptors (Lipinski definition) is 6. The number of anilines is 1. The monoisotopic (exact) mass is 351 g/mol. The number of rotatable bonds is 7. The van der Waals surface area contributed by atoms with Gasteiger partial charge in [-0.1, -0.05) is 19.0 Å². The Labute approximate surface area is 141 Å². The van der Waals surface area contributed by atoms with Gasteiger partial charge in [-0.2, -0.15) is 4.98 Å². The van der Waals surface area contributed by atoms with Crippen molar-refractivity contribution >= 4 is 21.4 Å². The van der Waals surface area contributed by atoms with Crippen molar-refractivity contribution in [1.29, 1.82) is 0 Å². The van der Waals surface area contributed by atoms with E-state index in [-0.39, 0.29) is 16.7 Å². The summed E-state index contributed by atoms with van der Waals surface area (Å²) in [6.45, 7) is 3.97. The first-order valence-electron chi connectivity index (χ1n) is 7.68. The fourth-order valence-electron chi connectivity index (χ4n) is 2.01. The van der Waals surface area contributed by atoms with Crippen molar-refractivity contribution in [2.75, 3.05) is 11.6 Å². The predicted octanol–water partition coefficient (Wildman–Crippen LogP) is 2.56. The molecule has 0 fully saturated rings. The molecule has 1 heterocycles. The average Bonchev–Trinajstić information content (AvgIpc) is 2.96. The number of amides is 1. The molecular weight excluding hydrogens is 330 g/mol. The van der Waals surface area contributed by atoms with Crippen LogP contribution in [0.1, 0.15) is 44.3 Å². The van der Waals surface area contributed by atoms with Gasteiger partial charge < -0.3 is 9.84 Å². The molecule has 0 saturated heterocycles. The second-order valence-corrected chi connectivity index (χ2v) is 7.92. The zero-order chi connectivity index (χ0) is 17.7. The van der Waals surface area contributed by atoms with E-state index in [1.807, 2.05) is 13.8 Å². The molecule has 1 amide bonds. The molecule has 24 heavy (non-hydrogen) atoms. The molecule has 130 valence electrons. The van der Waals surface area contributed by atoms with Gasteiger partial charge in [-0.05, 0) is 30.7 Å². The minimum absolute atomic E-state index is 0.147. The van der Waals surface area contributed by atoms with Crippen molar-refractivity contribution in [1.82, 2.24) is 10.1 Å². The first-order valence-corrected chi connectivity index (χ1v) is 9.57. The van der Waals surface area contributed by atoms with Crippen LogP contribution in [0, 0.1) is 0 Å². The zero-order valence-electron chi connectivity index (χ0n) is 13.9. The van der Waals surface area contributed by atoms with Crippen LogP contribution < -0.4 is 5.32 Å². The van der Waals surface area contributed by atoms with Gasteiger partial charge >= 0.3 is 0 Å². The first-order chi connectivity index (χ1) is 11.3. The molecule has 0 aliphatic carbocycles. The van der Waals surface area contributed by atoms with Gasteiger partial charge in [0.1, 0.15) is 0 Å². The van der Waals surface area contributed by atoms with E-state index in [0.717, 1.165) is 6.26 Å². The lowest BCUT2D eigenvalue weighted by Gasteiger charge is -2.05. The average molecular weight is 351 g/mol. The first kappa shape index (κ1) is 18.1. The van der Waals surface area contributed by atoms with Crippen LogP contribution in [-0.4, -0.2) is 30.7 Å². The number of carbonyl (C=O) groups is 1. The van der Waals surface area contributed by atoms with Crippen LogP contribution in [0.3, 0.4) is 0 Å². The van der Waals surface area contributed by atoms with Gasteiger partial charge in [-0.15, -0.1) is 0 Å². The van der Waals surface area contributed by atoms with Crippen molar-refractivity contribution in [2.45, 2.75) is 43.9 Å². The lowest BCUT2D eigenvalue weighted by molar-refractivity contribution is -0.116. The van der Waals surface area contributed by atoms with E-state index in [4.69, 9.17) is 4.52 Å². The molecule has 1 aromatic heterocycles. The topological polar surface area (TPSA) is 102 Å². The lowest BCUT2D eigenvalue weighted by Crippen LogP contribution is -2.11. The molecule has 2 aromatic rings. The molecule has 8 heteroatoms. The van der Waals surface area contributed by atoms with Crippen LogP contribution in [0.15, 0.2) is 33.7 Å². The molecule has 0 bridgehead atoms. The van der Waals surface area contributed by atoms with Gasteiger partial charge in [-0.25, -0.2) is 8.42 Å². The predicted molar refractivity (Wildman–Crippen MR) is 89.5 cm³/mol. The summed E-state index contributed by atoms with van der Waals surface area (Å²) in [7, 11) is -3.23. The largest absolute Gasteiger partial charge is 0.339 e. The minimum Gasteiger partial charge on any atom is -0.339 e. The smallest absolute Gasteiger partial charge is 0.226 e. The number of aromatic nitrogens is 2. The molecule has 0 aliphatic heterocycles. The Kier molecular flexibility index (Phi) is 5.71. The zero-order valence-corrected chi connectivity index (χ0v) is 14.8. The van der Waals surface area contributed by atoms with Gasteiger partial charge in [0.05, 0.1) is 4.90 Å². The second-order valence-electron chi connectivity index (χ2n) is 5.90. The molecule has 0 unspecified atom stereocenters. The molecule has 0 saturated carbocycles. The van der Waals surface area contributed by atoms with Crippen LogP contribution in [0.2, 0.25) is 0 Å². The summed E-state index contributed by atoms with van der Waals surface area (Å²) < 4.78 is 27.9. The lowest BCUT2D eigenvalue weighted by atomic mass is 10.2. The summed E-state index contributed by atoms with van der Waals surface area (Å²) >= 11 is 0. The third-order valence-corrected chi connectivity index (χ3v) is 4.49. The van der Waals surface area contributed by atoms with E-state index >= 15 is 0 Å². The Morgan fingerprint density at radius 2 is 1.92 bits per heavy atom. The highest BCUT2D eigenvalue weighted by Gasteiger charge is 2.11. The maximum absolute atomic E-state index is 11.9. The molecule has 1 N–H and O–H groups in total. The number of sulfone groups is 1. The molecule has 0 radical (unpaired) electrons. The quantitative estimate of drug-likeness (QED) is 0.822. The molecule has 0 spiro atoms. The molecule has 1 aromatic carbocycles. The number of hydrogen-bond donors (Lipinski definition) is 1. The van der Waals surface area contributed by atoms with E-state index in [1.165, 1.54) is 12.1 Å². The highest BCUT2D eigenvalue weighted by atomic mass is 32.2. The van der Waals surface area contributed by atoms with Gasteiger partial charge in [-0.3, -0.25) is 4.79 Å². The SMILES string of the molecule is CC(C)c1noc(CCCC(=O)Nc2ccc(S(C)(=O)=O)cc2)n1. The van der Waals surface area contributed by atoms with E-state index in [0.29, 0.717) is 36.7 Å². The normalized spacial score (nSPS) is 11.7. The highest BCUT2D eigenvalue weighted by Crippen LogP contribution is 2.15. The Balaban J connectivity index is 1.80. The van der Waals surface area contributed by atoms with Crippen molar-refractivity contribution in [3.05, 3.63) is 36.0 Å². The number of aryl methyl sites for hydroxylation is 1. The number of carbonyl (C=O) groups excluding carboxylic acids is 1. The fourth-order valence-corrected chi connectivity index (χ4v) is 2.64.